The Morgan fingerprint density at radius 2 is 1.96 bits per heavy atom. The van der Waals surface area contributed by atoms with Crippen molar-refractivity contribution in [1.82, 2.24) is 4.90 Å². The normalized spacial score (nSPS) is 16.5. The number of aryl methyl sites for hydroxylation is 2. The summed E-state index contributed by atoms with van der Waals surface area (Å²) >= 11 is 1.43. The van der Waals surface area contributed by atoms with Gasteiger partial charge in [0, 0.05) is 0 Å². The molecule has 1 saturated heterocycles. The highest BCUT2D eigenvalue weighted by Gasteiger charge is 2.28. The van der Waals surface area contributed by atoms with Gasteiger partial charge in [0.2, 0.25) is 5.91 Å². The number of amidine groups is 1. The molecule has 1 fully saturated rings. The highest BCUT2D eigenvalue weighted by molar-refractivity contribution is 8.15. The van der Waals surface area contributed by atoms with Crippen molar-refractivity contribution in [3.63, 3.8) is 0 Å². The van der Waals surface area contributed by atoms with Gasteiger partial charge in [0.1, 0.15) is 0 Å². The lowest BCUT2D eigenvalue weighted by atomic mass is 10.1. The first-order valence-electron chi connectivity index (χ1n) is 7.79. The number of carbonyl (C=O) groups is 1. The second-order valence-electron chi connectivity index (χ2n) is 5.74. The molecule has 1 heterocycles. The van der Waals surface area contributed by atoms with E-state index in [1.54, 1.807) is 11.1 Å². The molecule has 3 rings (SSSR count). The van der Waals surface area contributed by atoms with Crippen LogP contribution in [0.4, 0.5) is 0 Å². The van der Waals surface area contributed by atoms with E-state index in [9.17, 15) is 4.79 Å². The molecule has 0 saturated carbocycles. The molecular weight excluding hydrogens is 318 g/mol. The molecule has 0 spiro atoms. The summed E-state index contributed by atoms with van der Waals surface area (Å²) in [5.41, 5.74) is 4.51. The maximum Gasteiger partial charge on any atom is 0.239 e. The Balaban J connectivity index is 1.75. The van der Waals surface area contributed by atoms with Crippen LogP contribution in [-0.2, 0) is 11.3 Å². The van der Waals surface area contributed by atoms with Crippen molar-refractivity contribution >= 4 is 29.1 Å². The van der Waals surface area contributed by atoms with Gasteiger partial charge in [-0.25, -0.2) is 0 Å². The molecular formula is C19H19N3OS. The lowest BCUT2D eigenvalue weighted by Gasteiger charge is -2.14. The van der Waals surface area contributed by atoms with Crippen molar-refractivity contribution in [3.8, 4) is 0 Å². The third-order valence-corrected chi connectivity index (χ3v) is 4.76. The summed E-state index contributed by atoms with van der Waals surface area (Å²) in [5, 5.41) is 9.11. The van der Waals surface area contributed by atoms with E-state index >= 15 is 0 Å². The van der Waals surface area contributed by atoms with Crippen molar-refractivity contribution in [2.45, 2.75) is 20.4 Å². The molecule has 4 nitrogen and oxygen atoms in total. The van der Waals surface area contributed by atoms with Crippen LogP contribution < -0.4 is 0 Å². The average Bonchev–Trinajstić information content (AvgIpc) is 2.91. The van der Waals surface area contributed by atoms with E-state index in [2.05, 4.69) is 36.2 Å². The van der Waals surface area contributed by atoms with E-state index in [0.29, 0.717) is 17.5 Å². The van der Waals surface area contributed by atoms with Gasteiger partial charge < -0.3 is 0 Å². The summed E-state index contributed by atoms with van der Waals surface area (Å²) < 4.78 is 0. The Kier molecular flexibility index (Phi) is 5.11. The van der Waals surface area contributed by atoms with Crippen LogP contribution in [0, 0.1) is 13.8 Å². The Hall–Kier alpha value is -2.40. The van der Waals surface area contributed by atoms with Crippen LogP contribution in [0.2, 0.25) is 0 Å². The van der Waals surface area contributed by atoms with Gasteiger partial charge in [0.15, 0.2) is 5.17 Å². The summed E-state index contributed by atoms with van der Waals surface area (Å²) in [6, 6.07) is 16.1. The fourth-order valence-corrected chi connectivity index (χ4v) is 3.34. The van der Waals surface area contributed by atoms with Gasteiger partial charge in [-0.15, -0.1) is 5.10 Å². The minimum absolute atomic E-state index is 0.0734. The van der Waals surface area contributed by atoms with Gasteiger partial charge in [-0.1, -0.05) is 65.9 Å². The van der Waals surface area contributed by atoms with Crippen molar-refractivity contribution in [3.05, 3.63) is 70.8 Å². The van der Waals surface area contributed by atoms with Crippen molar-refractivity contribution in [2.75, 3.05) is 5.75 Å². The van der Waals surface area contributed by atoms with Crippen LogP contribution in [0.1, 0.15) is 22.3 Å². The average molecular weight is 337 g/mol. The molecule has 0 bridgehead atoms. The van der Waals surface area contributed by atoms with Gasteiger partial charge in [-0.2, -0.15) is 5.10 Å². The maximum absolute atomic E-state index is 12.1. The summed E-state index contributed by atoms with van der Waals surface area (Å²) in [5.74, 6) is 0.495. The second kappa shape index (κ2) is 7.45. The van der Waals surface area contributed by atoms with Crippen LogP contribution in [-0.4, -0.2) is 27.9 Å². The molecule has 0 radical (unpaired) electrons. The number of benzene rings is 2. The standard InChI is InChI=1S/C19H19N3OS/c1-14-8-9-17(15(2)10-14)11-20-21-19-22(18(23)13-24-19)12-16-6-4-3-5-7-16/h3-11H,12-13H2,1-2H3/b20-11-,21-19+. The van der Waals surface area contributed by atoms with E-state index < -0.39 is 0 Å². The summed E-state index contributed by atoms with van der Waals surface area (Å²) in [6.07, 6.45) is 1.74. The van der Waals surface area contributed by atoms with E-state index in [4.69, 9.17) is 0 Å². The van der Waals surface area contributed by atoms with E-state index in [-0.39, 0.29) is 5.91 Å². The predicted octanol–water partition coefficient (Wildman–Crippen LogP) is 3.77. The van der Waals surface area contributed by atoms with E-state index in [0.717, 1.165) is 16.7 Å². The lowest BCUT2D eigenvalue weighted by molar-refractivity contribution is -0.124. The molecule has 2 aromatic carbocycles. The van der Waals surface area contributed by atoms with E-state index in [1.165, 1.54) is 17.3 Å². The maximum atomic E-state index is 12.1. The van der Waals surface area contributed by atoms with Crippen molar-refractivity contribution in [1.29, 1.82) is 0 Å². The van der Waals surface area contributed by atoms with E-state index in [1.807, 2.05) is 36.4 Å². The molecule has 24 heavy (non-hydrogen) atoms. The Morgan fingerprint density at radius 3 is 2.71 bits per heavy atom. The Bertz CT molecular complexity index is 800. The predicted molar refractivity (Wildman–Crippen MR) is 100 cm³/mol. The van der Waals surface area contributed by atoms with Gasteiger partial charge in [0.05, 0.1) is 18.5 Å². The number of hydrogen-bond acceptors (Lipinski definition) is 4. The number of amides is 1. The highest BCUT2D eigenvalue weighted by Crippen LogP contribution is 2.22. The number of hydrogen-bond donors (Lipinski definition) is 0. The fraction of sp³-hybridized carbons (Fsp3) is 0.211. The Morgan fingerprint density at radius 1 is 1.17 bits per heavy atom. The number of nitrogens with zero attached hydrogens (tertiary/aromatic N) is 3. The molecule has 0 aliphatic carbocycles. The zero-order valence-electron chi connectivity index (χ0n) is 13.8. The van der Waals surface area contributed by atoms with Crippen LogP contribution in [0.15, 0.2) is 58.7 Å². The number of rotatable bonds is 4. The third kappa shape index (κ3) is 3.92. The van der Waals surface area contributed by atoms with Gasteiger partial charge >= 0.3 is 0 Å². The minimum atomic E-state index is 0.0734. The molecule has 2 aromatic rings. The third-order valence-electron chi connectivity index (χ3n) is 3.81. The van der Waals surface area contributed by atoms with Crippen LogP contribution in [0.3, 0.4) is 0 Å². The first-order chi connectivity index (χ1) is 11.6. The van der Waals surface area contributed by atoms with Gasteiger partial charge in [0.25, 0.3) is 0 Å². The summed E-state index contributed by atoms with van der Waals surface area (Å²) in [7, 11) is 0. The first-order valence-corrected chi connectivity index (χ1v) is 8.77. The lowest BCUT2D eigenvalue weighted by Crippen LogP contribution is -2.28. The zero-order valence-corrected chi connectivity index (χ0v) is 14.6. The SMILES string of the molecule is Cc1ccc(/C=N\N=C2\SCC(=O)N2Cc2ccccc2)c(C)c1. The molecule has 5 heteroatoms. The molecule has 0 atom stereocenters. The summed E-state index contributed by atoms with van der Waals surface area (Å²) in [6.45, 7) is 4.65. The fourth-order valence-electron chi connectivity index (χ4n) is 2.50. The molecule has 1 aliphatic rings. The smallest absolute Gasteiger partial charge is 0.239 e. The van der Waals surface area contributed by atoms with Gasteiger partial charge in [-0.05, 0) is 30.5 Å². The topological polar surface area (TPSA) is 45.0 Å². The number of carbonyl (C=O) groups excluding carboxylic acids is 1. The quantitative estimate of drug-likeness (QED) is 0.630. The minimum Gasteiger partial charge on any atom is -0.285 e. The van der Waals surface area contributed by atoms with Crippen molar-refractivity contribution < 1.29 is 4.79 Å². The molecule has 0 unspecified atom stereocenters. The molecule has 122 valence electrons. The molecule has 0 aromatic heterocycles. The zero-order chi connectivity index (χ0) is 16.9. The number of thioether (sulfide) groups is 1. The molecule has 1 amide bonds. The molecule has 0 N–H and O–H groups in total. The second-order valence-corrected chi connectivity index (χ2v) is 6.68. The van der Waals surface area contributed by atoms with Crippen LogP contribution in [0.5, 0.6) is 0 Å². The van der Waals surface area contributed by atoms with Crippen molar-refractivity contribution in [2.24, 2.45) is 10.2 Å². The van der Waals surface area contributed by atoms with Gasteiger partial charge in [-0.3, -0.25) is 9.69 Å². The Labute approximate surface area is 146 Å². The highest BCUT2D eigenvalue weighted by atomic mass is 32.2. The monoisotopic (exact) mass is 337 g/mol. The largest absolute Gasteiger partial charge is 0.285 e. The van der Waals surface area contributed by atoms with Crippen LogP contribution >= 0.6 is 11.8 Å². The molecule has 1 aliphatic heterocycles. The summed E-state index contributed by atoms with van der Waals surface area (Å²) in [4.78, 5) is 13.8. The first kappa shape index (κ1) is 16.5. The van der Waals surface area contributed by atoms with Crippen LogP contribution in [0.25, 0.3) is 0 Å².